The number of fused-ring (bicyclic) bond motifs is 1. The Labute approximate surface area is 185 Å². The Morgan fingerprint density at radius 2 is 1.87 bits per heavy atom. The van der Waals surface area contributed by atoms with E-state index in [0.29, 0.717) is 28.6 Å². The molecule has 1 aliphatic heterocycles. The minimum atomic E-state index is 0.334. The Balaban J connectivity index is 1.16. The van der Waals surface area contributed by atoms with Crippen molar-refractivity contribution < 1.29 is 4.74 Å². The van der Waals surface area contributed by atoms with E-state index in [-0.39, 0.29) is 0 Å². The number of hydrogen-bond donors (Lipinski definition) is 2. The van der Waals surface area contributed by atoms with E-state index in [9.17, 15) is 0 Å². The highest BCUT2D eigenvalue weighted by Crippen LogP contribution is 2.23. The van der Waals surface area contributed by atoms with E-state index in [4.69, 9.17) is 16.3 Å². The van der Waals surface area contributed by atoms with Gasteiger partial charge < -0.3 is 10.1 Å². The molecule has 7 nitrogen and oxygen atoms in total. The lowest BCUT2D eigenvalue weighted by Crippen LogP contribution is -2.39. The molecule has 0 bridgehead atoms. The maximum absolute atomic E-state index is 5.92. The highest BCUT2D eigenvalue weighted by Gasteiger charge is 2.21. The van der Waals surface area contributed by atoms with Crippen LogP contribution in [0.2, 0.25) is 5.02 Å². The summed E-state index contributed by atoms with van der Waals surface area (Å²) in [4.78, 5) is 11.3. The van der Waals surface area contributed by atoms with Crippen LogP contribution in [0.25, 0.3) is 10.9 Å². The average molecular weight is 435 g/mol. The monoisotopic (exact) mass is 434 g/mol. The Hall–Kier alpha value is -3.16. The Bertz CT molecular complexity index is 1150. The molecule has 3 heterocycles. The van der Waals surface area contributed by atoms with Gasteiger partial charge in [0.15, 0.2) is 0 Å². The Morgan fingerprint density at radius 3 is 2.71 bits per heavy atom. The summed E-state index contributed by atoms with van der Waals surface area (Å²) < 4.78 is 5.81. The standard InChI is InChI=1S/C23H23ClN6O/c24-16-5-7-18(8-6-16)31-22-9-12-25-23(27-22)26-17-10-13-30(14-11-17)15-21-19-3-1-2-4-20(19)28-29-21/h1-9,12,17H,10-11,13-15H2,(H,28,29)(H,25,26,27). The maximum atomic E-state index is 5.92. The number of aromatic amines is 1. The molecule has 0 saturated carbocycles. The molecule has 31 heavy (non-hydrogen) atoms. The third-order valence-electron chi connectivity index (χ3n) is 5.51. The van der Waals surface area contributed by atoms with Gasteiger partial charge in [-0.05, 0) is 43.2 Å². The van der Waals surface area contributed by atoms with E-state index in [1.807, 2.05) is 24.3 Å². The van der Waals surface area contributed by atoms with Crippen LogP contribution in [0.15, 0.2) is 60.8 Å². The first-order valence-corrected chi connectivity index (χ1v) is 10.8. The van der Waals surface area contributed by atoms with Crippen molar-refractivity contribution in [3.8, 4) is 11.6 Å². The number of H-pyrrole nitrogens is 1. The zero-order chi connectivity index (χ0) is 21.0. The zero-order valence-electron chi connectivity index (χ0n) is 17.0. The third-order valence-corrected chi connectivity index (χ3v) is 5.76. The molecular formula is C23H23ClN6O. The summed E-state index contributed by atoms with van der Waals surface area (Å²) in [5.41, 5.74) is 2.20. The van der Waals surface area contributed by atoms with Crippen LogP contribution in [0.5, 0.6) is 11.6 Å². The van der Waals surface area contributed by atoms with Gasteiger partial charge in [-0.2, -0.15) is 10.1 Å². The second-order valence-electron chi connectivity index (χ2n) is 7.69. The number of ether oxygens (including phenoxy) is 1. The van der Waals surface area contributed by atoms with Crippen molar-refractivity contribution in [1.82, 2.24) is 25.1 Å². The quantitative estimate of drug-likeness (QED) is 0.450. The van der Waals surface area contributed by atoms with Crippen LogP contribution in [-0.4, -0.2) is 44.2 Å². The van der Waals surface area contributed by atoms with Crippen LogP contribution < -0.4 is 10.1 Å². The lowest BCUT2D eigenvalue weighted by Gasteiger charge is -2.32. The molecule has 0 aliphatic carbocycles. The highest BCUT2D eigenvalue weighted by atomic mass is 35.5. The van der Waals surface area contributed by atoms with Crippen molar-refractivity contribution in [3.63, 3.8) is 0 Å². The molecule has 8 heteroatoms. The van der Waals surface area contributed by atoms with E-state index in [0.717, 1.165) is 38.0 Å². The first kappa shape index (κ1) is 19.8. The number of aromatic nitrogens is 4. The third kappa shape index (κ3) is 4.78. The second-order valence-corrected chi connectivity index (χ2v) is 8.12. The number of piperidine rings is 1. The van der Waals surface area contributed by atoms with Gasteiger partial charge in [0.1, 0.15) is 5.75 Å². The van der Waals surface area contributed by atoms with Gasteiger partial charge in [0, 0.05) is 48.3 Å². The van der Waals surface area contributed by atoms with Crippen molar-refractivity contribution in [2.24, 2.45) is 0 Å². The van der Waals surface area contributed by atoms with Gasteiger partial charge in [-0.1, -0.05) is 29.8 Å². The molecule has 1 fully saturated rings. The fourth-order valence-electron chi connectivity index (χ4n) is 3.87. The van der Waals surface area contributed by atoms with E-state index in [1.54, 1.807) is 24.4 Å². The molecule has 2 aromatic carbocycles. The number of rotatable bonds is 6. The SMILES string of the molecule is Clc1ccc(Oc2ccnc(NC3CCN(Cc4[nH]nc5ccccc45)CC3)n2)cc1. The molecule has 2 N–H and O–H groups in total. The summed E-state index contributed by atoms with van der Waals surface area (Å²) in [6.45, 7) is 2.89. The van der Waals surface area contributed by atoms with Crippen LogP contribution in [0, 0.1) is 0 Å². The number of halogens is 1. The maximum Gasteiger partial charge on any atom is 0.226 e. The summed E-state index contributed by atoms with van der Waals surface area (Å²) in [5, 5.41) is 12.9. The molecule has 2 aromatic heterocycles. The number of benzene rings is 2. The number of nitrogens with one attached hydrogen (secondary N) is 2. The summed E-state index contributed by atoms with van der Waals surface area (Å²) in [5.74, 6) is 1.78. The molecule has 1 aliphatic rings. The smallest absolute Gasteiger partial charge is 0.226 e. The van der Waals surface area contributed by atoms with Gasteiger partial charge >= 0.3 is 0 Å². The predicted molar refractivity (Wildman–Crippen MR) is 122 cm³/mol. The summed E-state index contributed by atoms with van der Waals surface area (Å²) in [7, 11) is 0. The highest BCUT2D eigenvalue weighted by molar-refractivity contribution is 6.30. The summed E-state index contributed by atoms with van der Waals surface area (Å²) in [6, 6.07) is 17.5. The summed E-state index contributed by atoms with van der Waals surface area (Å²) in [6.07, 6.45) is 3.76. The lowest BCUT2D eigenvalue weighted by atomic mass is 10.0. The fourth-order valence-corrected chi connectivity index (χ4v) is 3.99. The molecule has 0 amide bonds. The molecule has 158 valence electrons. The number of para-hydroxylation sites is 1. The van der Waals surface area contributed by atoms with E-state index in [2.05, 4.69) is 42.5 Å². The van der Waals surface area contributed by atoms with Crippen LogP contribution in [-0.2, 0) is 6.54 Å². The van der Waals surface area contributed by atoms with Gasteiger partial charge in [0.05, 0.1) is 11.2 Å². The van der Waals surface area contributed by atoms with Crippen molar-refractivity contribution in [1.29, 1.82) is 0 Å². The van der Waals surface area contributed by atoms with Crippen LogP contribution >= 0.6 is 11.6 Å². The predicted octanol–water partition coefficient (Wildman–Crippen LogP) is 4.88. The average Bonchev–Trinajstić information content (AvgIpc) is 3.20. The lowest BCUT2D eigenvalue weighted by molar-refractivity contribution is 0.209. The van der Waals surface area contributed by atoms with Gasteiger partial charge in [0.25, 0.3) is 0 Å². The molecule has 5 rings (SSSR count). The molecular weight excluding hydrogens is 412 g/mol. The summed E-state index contributed by atoms with van der Waals surface area (Å²) >= 11 is 5.92. The van der Waals surface area contributed by atoms with Crippen molar-refractivity contribution in [3.05, 3.63) is 71.5 Å². The molecule has 4 aromatic rings. The molecule has 0 unspecified atom stereocenters. The molecule has 0 radical (unpaired) electrons. The van der Waals surface area contributed by atoms with Crippen molar-refractivity contribution in [2.45, 2.75) is 25.4 Å². The van der Waals surface area contributed by atoms with Crippen molar-refractivity contribution in [2.75, 3.05) is 18.4 Å². The molecule has 0 spiro atoms. The van der Waals surface area contributed by atoms with Crippen molar-refractivity contribution >= 4 is 28.5 Å². The minimum Gasteiger partial charge on any atom is -0.439 e. The number of hydrogen-bond acceptors (Lipinski definition) is 6. The van der Waals surface area contributed by atoms with E-state index >= 15 is 0 Å². The first-order valence-electron chi connectivity index (χ1n) is 10.4. The van der Waals surface area contributed by atoms with Gasteiger partial charge in [-0.15, -0.1) is 0 Å². The van der Waals surface area contributed by atoms with E-state index in [1.165, 1.54) is 11.1 Å². The number of anilines is 1. The van der Waals surface area contributed by atoms with Gasteiger partial charge in [0.2, 0.25) is 11.8 Å². The van der Waals surface area contributed by atoms with Crippen LogP contribution in [0.1, 0.15) is 18.5 Å². The minimum absolute atomic E-state index is 0.334. The molecule has 1 saturated heterocycles. The zero-order valence-corrected chi connectivity index (χ0v) is 17.7. The fraction of sp³-hybridized carbons (Fsp3) is 0.261. The normalized spacial score (nSPS) is 15.3. The topological polar surface area (TPSA) is 79.0 Å². The largest absolute Gasteiger partial charge is 0.439 e. The number of likely N-dealkylation sites (tertiary alicyclic amines) is 1. The van der Waals surface area contributed by atoms with Crippen LogP contribution in [0.3, 0.4) is 0 Å². The Morgan fingerprint density at radius 1 is 1.06 bits per heavy atom. The van der Waals surface area contributed by atoms with Gasteiger partial charge in [-0.3, -0.25) is 10.00 Å². The van der Waals surface area contributed by atoms with Crippen LogP contribution in [0.4, 0.5) is 5.95 Å². The van der Waals surface area contributed by atoms with E-state index < -0.39 is 0 Å². The number of nitrogens with zero attached hydrogens (tertiary/aromatic N) is 4. The molecule has 0 atom stereocenters. The second kappa shape index (κ2) is 8.91. The van der Waals surface area contributed by atoms with Gasteiger partial charge in [-0.25, -0.2) is 4.98 Å². The Kier molecular flexibility index (Phi) is 5.69. The first-order chi connectivity index (χ1) is 15.2.